The summed E-state index contributed by atoms with van der Waals surface area (Å²) in [6.45, 7) is 2.45. The van der Waals surface area contributed by atoms with Crippen LogP contribution >= 0.6 is 11.6 Å². The van der Waals surface area contributed by atoms with Gasteiger partial charge in [0, 0.05) is 6.92 Å². The maximum atomic E-state index is 12.7. The standard InChI is InChI=1S/C30H36ClNO13/c1-14(33)32-19-10-16(8-9-18(19)31)11-41-29-24(36)22(34)27(21(43-29)13-40-28(38)17-6-4-3-5-7-17)45-30-25(37)23(35)26-20(44-30)12-39-15(2)42-26/h3-10,15,20-27,29-30,34-37H,11-13H2,1-2H3,(H,32,33)/t15-,20-,21-,22-,23-,24-,25-,26-,27-,29-,30-/m1/s1. The van der Waals surface area contributed by atoms with Crippen molar-refractivity contribution >= 4 is 29.2 Å². The summed E-state index contributed by atoms with van der Waals surface area (Å²) < 4.78 is 39.9. The van der Waals surface area contributed by atoms with Gasteiger partial charge in [0.25, 0.3) is 0 Å². The smallest absolute Gasteiger partial charge is 0.338 e. The molecule has 0 saturated carbocycles. The summed E-state index contributed by atoms with van der Waals surface area (Å²) in [5.74, 6) is -1.00. The summed E-state index contributed by atoms with van der Waals surface area (Å²) in [6.07, 6.45) is -14.3. The molecule has 3 aliphatic heterocycles. The van der Waals surface area contributed by atoms with E-state index < -0.39 is 80.3 Å². The predicted octanol–water partition coefficient (Wildman–Crippen LogP) is 0.712. The Labute approximate surface area is 263 Å². The van der Waals surface area contributed by atoms with E-state index in [1.165, 1.54) is 6.92 Å². The Morgan fingerprint density at radius 3 is 2.42 bits per heavy atom. The minimum atomic E-state index is -1.69. The summed E-state index contributed by atoms with van der Waals surface area (Å²) in [4.78, 5) is 24.2. The van der Waals surface area contributed by atoms with Gasteiger partial charge in [-0.3, -0.25) is 4.79 Å². The number of carbonyl (C=O) groups is 2. The normalized spacial score (nSPS) is 34.9. The number of aliphatic hydroxyl groups is 4. The Bertz CT molecular complexity index is 1320. The molecular weight excluding hydrogens is 618 g/mol. The molecule has 3 fully saturated rings. The van der Waals surface area contributed by atoms with Gasteiger partial charge in [-0.1, -0.05) is 35.9 Å². The maximum Gasteiger partial charge on any atom is 0.338 e. The molecular formula is C30H36ClNO13. The molecule has 15 heteroatoms. The molecule has 3 saturated heterocycles. The first kappa shape index (κ1) is 33.6. The van der Waals surface area contributed by atoms with Gasteiger partial charge in [0.2, 0.25) is 5.91 Å². The number of anilines is 1. The topological polar surface area (TPSA) is 192 Å². The molecule has 0 aromatic heterocycles. The summed E-state index contributed by atoms with van der Waals surface area (Å²) in [5.41, 5.74) is 1.18. The van der Waals surface area contributed by atoms with E-state index in [4.69, 9.17) is 44.8 Å². The average Bonchev–Trinajstić information content (AvgIpc) is 3.02. The highest BCUT2D eigenvalue weighted by Crippen LogP contribution is 2.33. The van der Waals surface area contributed by atoms with E-state index >= 15 is 0 Å². The number of aliphatic hydroxyl groups excluding tert-OH is 4. The zero-order chi connectivity index (χ0) is 32.2. The van der Waals surface area contributed by atoms with Crippen LogP contribution in [-0.4, -0.2) is 113 Å². The number of ether oxygens (including phenoxy) is 7. The minimum absolute atomic E-state index is 0.0458. The number of esters is 1. The van der Waals surface area contributed by atoms with Crippen LogP contribution in [0.25, 0.3) is 0 Å². The van der Waals surface area contributed by atoms with E-state index in [9.17, 15) is 30.0 Å². The highest BCUT2D eigenvalue weighted by molar-refractivity contribution is 6.33. The molecule has 0 aliphatic carbocycles. The lowest BCUT2D eigenvalue weighted by molar-refractivity contribution is -0.383. The molecule has 1 amide bonds. The van der Waals surface area contributed by atoms with Gasteiger partial charge in [-0.15, -0.1) is 0 Å². The number of rotatable bonds is 9. The van der Waals surface area contributed by atoms with Crippen LogP contribution in [0.5, 0.6) is 0 Å². The second-order valence-electron chi connectivity index (χ2n) is 10.9. The highest BCUT2D eigenvalue weighted by atomic mass is 35.5. The predicted molar refractivity (Wildman–Crippen MR) is 154 cm³/mol. The van der Waals surface area contributed by atoms with E-state index in [0.29, 0.717) is 16.3 Å². The third kappa shape index (κ3) is 7.99. The van der Waals surface area contributed by atoms with Crippen LogP contribution in [0.4, 0.5) is 5.69 Å². The van der Waals surface area contributed by atoms with Crippen molar-refractivity contribution < 1.29 is 63.2 Å². The highest BCUT2D eigenvalue weighted by Gasteiger charge is 2.53. The van der Waals surface area contributed by atoms with E-state index in [1.54, 1.807) is 55.5 Å². The number of hydrogen-bond acceptors (Lipinski definition) is 13. The van der Waals surface area contributed by atoms with Crippen molar-refractivity contribution in [2.45, 2.75) is 88.2 Å². The van der Waals surface area contributed by atoms with Crippen LogP contribution in [0.1, 0.15) is 29.8 Å². The Balaban J connectivity index is 1.31. The fraction of sp³-hybridized carbons (Fsp3) is 0.533. The number of amides is 1. The van der Waals surface area contributed by atoms with Crippen LogP contribution in [0.15, 0.2) is 48.5 Å². The van der Waals surface area contributed by atoms with Gasteiger partial charge in [-0.25, -0.2) is 4.79 Å². The largest absolute Gasteiger partial charge is 0.459 e. The fourth-order valence-corrected chi connectivity index (χ4v) is 5.42. The van der Waals surface area contributed by atoms with E-state index in [0.717, 1.165) is 0 Å². The van der Waals surface area contributed by atoms with Gasteiger partial charge < -0.3 is 58.9 Å². The van der Waals surface area contributed by atoms with Crippen molar-refractivity contribution in [3.63, 3.8) is 0 Å². The number of benzene rings is 2. The Kier molecular flexibility index (Phi) is 11.1. The van der Waals surface area contributed by atoms with Crippen LogP contribution in [-0.2, 0) is 44.6 Å². The molecule has 5 rings (SSSR count). The second-order valence-corrected chi connectivity index (χ2v) is 11.3. The average molecular weight is 654 g/mol. The van der Waals surface area contributed by atoms with Crippen molar-refractivity contribution in [2.24, 2.45) is 0 Å². The molecule has 3 heterocycles. The van der Waals surface area contributed by atoms with Crippen molar-refractivity contribution in [2.75, 3.05) is 18.5 Å². The molecule has 0 unspecified atom stereocenters. The monoisotopic (exact) mass is 653 g/mol. The van der Waals surface area contributed by atoms with Crippen molar-refractivity contribution in [1.82, 2.24) is 0 Å². The molecule has 0 spiro atoms. The quantitative estimate of drug-likeness (QED) is 0.238. The van der Waals surface area contributed by atoms with Crippen molar-refractivity contribution in [3.8, 4) is 0 Å². The number of fused-ring (bicyclic) bond motifs is 1. The fourth-order valence-electron chi connectivity index (χ4n) is 5.25. The molecule has 246 valence electrons. The van der Waals surface area contributed by atoms with E-state index in [-0.39, 0.29) is 24.7 Å². The summed E-state index contributed by atoms with van der Waals surface area (Å²) >= 11 is 6.15. The molecule has 45 heavy (non-hydrogen) atoms. The second kappa shape index (κ2) is 14.8. The van der Waals surface area contributed by atoms with Gasteiger partial charge in [-0.2, -0.15) is 0 Å². The van der Waals surface area contributed by atoms with Crippen LogP contribution in [0.3, 0.4) is 0 Å². The molecule has 11 atom stereocenters. The Morgan fingerprint density at radius 2 is 1.69 bits per heavy atom. The summed E-state index contributed by atoms with van der Waals surface area (Å²) in [6, 6.07) is 13.0. The van der Waals surface area contributed by atoms with Crippen molar-refractivity contribution in [1.29, 1.82) is 0 Å². The number of nitrogens with one attached hydrogen (secondary N) is 1. The Morgan fingerprint density at radius 1 is 0.956 bits per heavy atom. The summed E-state index contributed by atoms with van der Waals surface area (Å²) in [7, 11) is 0. The maximum absolute atomic E-state index is 12.7. The van der Waals surface area contributed by atoms with Gasteiger partial charge in [0.1, 0.15) is 55.4 Å². The first-order chi connectivity index (χ1) is 21.5. The van der Waals surface area contributed by atoms with Gasteiger partial charge in [0.15, 0.2) is 18.9 Å². The van der Waals surface area contributed by atoms with Crippen LogP contribution < -0.4 is 5.32 Å². The third-order valence-corrected chi connectivity index (χ3v) is 7.89. The Hall–Kier alpha value is -2.73. The van der Waals surface area contributed by atoms with Gasteiger partial charge >= 0.3 is 5.97 Å². The lowest BCUT2D eigenvalue weighted by Gasteiger charge is -2.48. The first-order valence-electron chi connectivity index (χ1n) is 14.4. The van der Waals surface area contributed by atoms with Crippen LogP contribution in [0, 0.1) is 0 Å². The minimum Gasteiger partial charge on any atom is -0.459 e. The lowest BCUT2D eigenvalue weighted by atomic mass is 9.96. The third-order valence-electron chi connectivity index (χ3n) is 7.56. The van der Waals surface area contributed by atoms with E-state index in [2.05, 4.69) is 5.32 Å². The molecule has 0 radical (unpaired) electrons. The molecule has 5 N–H and O–H groups in total. The summed E-state index contributed by atoms with van der Waals surface area (Å²) in [5, 5.41) is 46.6. The molecule has 2 aromatic rings. The number of halogens is 1. The zero-order valence-electron chi connectivity index (χ0n) is 24.4. The van der Waals surface area contributed by atoms with E-state index in [1.807, 2.05) is 0 Å². The van der Waals surface area contributed by atoms with Crippen molar-refractivity contribution in [3.05, 3.63) is 64.7 Å². The molecule has 3 aliphatic rings. The first-order valence-corrected chi connectivity index (χ1v) is 14.7. The molecule has 0 bridgehead atoms. The lowest BCUT2D eigenvalue weighted by Crippen LogP contribution is -2.66. The number of carbonyl (C=O) groups excluding carboxylic acids is 2. The van der Waals surface area contributed by atoms with Gasteiger partial charge in [-0.05, 0) is 36.8 Å². The zero-order valence-corrected chi connectivity index (χ0v) is 25.2. The number of hydrogen-bond donors (Lipinski definition) is 5. The molecule has 14 nitrogen and oxygen atoms in total. The van der Waals surface area contributed by atoms with Crippen LogP contribution in [0.2, 0.25) is 5.02 Å². The molecule has 2 aromatic carbocycles. The SMILES string of the molecule is CC(=O)Nc1cc(CO[C@@H]2O[C@H](COC(=O)c3ccccc3)[C@@H](O[C@H]3O[C@@H]4CO[C@@H](C)O[C@H]4[C@H](O)[C@H]3O)[C@H](O)[C@H]2O)ccc1Cl. The van der Waals surface area contributed by atoms with Gasteiger partial charge in [0.05, 0.1) is 29.5 Å².